The Morgan fingerprint density at radius 3 is 2.70 bits per heavy atom. The summed E-state index contributed by atoms with van der Waals surface area (Å²) in [6, 6.07) is 6.02. The summed E-state index contributed by atoms with van der Waals surface area (Å²) in [6.45, 7) is 0.860. The predicted molar refractivity (Wildman–Crippen MR) is 80.0 cm³/mol. The maximum atomic E-state index is 12.8. The van der Waals surface area contributed by atoms with Crippen LogP contribution in [0.2, 0.25) is 0 Å². The van der Waals surface area contributed by atoms with Gasteiger partial charge in [-0.1, -0.05) is 6.07 Å². The van der Waals surface area contributed by atoms with Crippen molar-refractivity contribution in [3.05, 3.63) is 29.3 Å². The number of nitrogens with zero attached hydrogens (tertiary/aromatic N) is 2. The van der Waals surface area contributed by atoms with E-state index in [1.165, 1.54) is 19.1 Å². The van der Waals surface area contributed by atoms with E-state index in [2.05, 4.69) is 11.4 Å². The van der Waals surface area contributed by atoms with E-state index in [4.69, 9.17) is 10.00 Å². The second-order valence-electron chi connectivity index (χ2n) is 5.80. The van der Waals surface area contributed by atoms with Crippen LogP contribution < -0.4 is 10.1 Å². The lowest BCUT2D eigenvalue weighted by molar-refractivity contribution is -0.188. The summed E-state index contributed by atoms with van der Waals surface area (Å²) in [5.41, 5.74) is 1.35. The molecule has 4 nitrogen and oxygen atoms in total. The molecule has 1 fully saturated rings. The van der Waals surface area contributed by atoms with Gasteiger partial charge in [0.05, 0.1) is 12.7 Å². The Balaban J connectivity index is 1.92. The van der Waals surface area contributed by atoms with Crippen LogP contribution in [-0.4, -0.2) is 43.9 Å². The number of methoxy groups -OCH3 is 1. The summed E-state index contributed by atoms with van der Waals surface area (Å²) < 4.78 is 43.5. The Labute approximate surface area is 133 Å². The van der Waals surface area contributed by atoms with Gasteiger partial charge in [-0.05, 0) is 37.6 Å². The minimum Gasteiger partial charge on any atom is -0.495 e. The standard InChI is InChI=1S/C16H20F3N3O/c1-22-10-13(4-6-15(22)16(17,18)19)21-9-11-3-5-14(23-2)12(7-11)8-20/h3,5,7,13,15,21H,4,6,9-10H2,1-2H3/t13-,15+/m0/s1. The lowest BCUT2D eigenvalue weighted by atomic mass is 9.98. The number of nitriles is 1. The first-order valence-corrected chi connectivity index (χ1v) is 7.42. The number of rotatable bonds is 4. The molecule has 1 aliphatic rings. The summed E-state index contributed by atoms with van der Waals surface area (Å²) in [5.74, 6) is 0.515. The molecule has 0 saturated carbocycles. The molecule has 0 bridgehead atoms. The molecule has 0 aromatic heterocycles. The van der Waals surface area contributed by atoms with Gasteiger partial charge >= 0.3 is 6.18 Å². The first-order chi connectivity index (χ1) is 10.8. The van der Waals surface area contributed by atoms with Gasteiger partial charge in [0, 0.05) is 19.1 Å². The lowest BCUT2D eigenvalue weighted by Crippen LogP contribution is -2.53. The van der Waals surface area contributed by atoms with E-state index in [-0.39, 0.29) is 12.5 Å². The average Bonchev–Trinajstić information content (AvgIpc) is 2.51. The summed E-state index contributed by atoms with van der Waals surface area (Å²) in [4.78, 5) is 1.36. The van der Waals surface area contributed by atoms with Gasteiger partial charge in [0.25, 0.3) is 0 Å². The molecular formula is C16H20F3N3O. The molecule has 126 valence electrons. The Morgan fingerprint density at radius 2 is 2.13 bits per heavy atom. The van der Waals surface area contributed by atoms with Crippen molar-refractivity contribution in [3.8, 4) is 11.8 Å². The van der Waals surface area contributed by atoms with Crippen LogP contribution in [0.5, 0.6) is 5.75 Å². The first kappa shape index (κ1) is 17.6. The average molecular weight is 327 g/mol. The fourth-order valence-corrected chi connectivity index (χ4v) is 2.94. The molecule has 1 heterocycles. The Bertz CT molecular complexity index is 583. The molecule has 0 amide bonds. The third-order valence-corrected chi connectivity index (χ3v) is 4.19. The molecule has 1 aromatic rings. The smallest absolute Gasteiger partial charge is 0.404 e. The summed E-state index contributed by atoms with van der Waals surface area (Å²) >= 11 is 0. The van der Waals surface area contributed by atoms with E-state index >= 15 is 0 Å². The zero-order valence-corrected chi connectivity index (χ0v) is 13.2. The number of halogens is 3. The van der Waals surface area contributed by atoms with E-state index in [9.17, 15) is 13.2 Å². The van der Waals surface area contributed by atoms with Crippen LogP contribution >= 0.6 is 0 Å². The number of hydrogen-bond donors (Lipinski definition) is 1. The monoisotopic (exact) mass is 327 g/mol. The van der Waals surface area contributed by atoms with E-state index < -0.39 is 12.2 Å². The Morgan fingerprint density at radius 1 is 1.39 bits per heavy atom. The second kappa shape index (κ2) is 7.20. The third kappa shape index (κ3) is 4.36. The number of ether oxygens (including phenoxy) is 1. The van der Waals surface area contributed by atoms with Crippen molar-refractivity contribution >= 4 is 0 Å². The van der Waals surface area contributed by atoms with Gasteiger partial charge in [-0.15, -0.1) is 0 Å². The molecule has 0 radical (unpaired) electrons. The molecule has 1 N–H and O–H groups in total. The molecule has 1 aliphatic heterocycles. The minimum absolute atomic E-state index is 0.00578. The van der Waals surface area contributed by atoms with Crippen molar-refractivity contribution in [1.82, 2.24) is 10.2 Å². The van der Waals surface area contributed by atoms with Crippen LogP contribution in [0.15, 0.2) is 18.2 Å². The molecule has 23 heavy (non-hydrogen) atoms. The second-order valence-corrected chi connectivity index (χ2v) is 5.80. The van der Waals surface area contributed by atoms with Gasteiger partial charge in [0.15, 0.2) is 0 Å². The van der Waals surface area contributed by atoms with Crippen LogP contribution in [0, 0.1) is 11.3 Å². The van der Waals surface area contributed by atoms with Crippen LogP contribution in [-0.2, 0) is 6.54 Å². The predicted octanol–water partition coefficient (Wildman–Crippen LogP) is 2.68. The molecule has 7 heteroatoms. The molecule has 1 aromatic carbocycles. The van der Waals surface area contributed by atoms with Gasteiger partial charge in [0.2, 0.25) is 0 Å². The van der Waals surface area contributed by atoms with E-state index in [1.54, 1.807) is 12.1 Å². The Kier molecular flexibility index (Phi) is 5.50. The largest absolute Gasteiger partial charge is 0.495 e. The molecule has 1 saturated heterocycles. The van der Waals surface area contributed by atoms with Crippen LogP contribution in [0.1, 0.15) is 24.0 Å². The number of benzene rings is 1. The molecular weight excluding hydrogens is 307 g/mol. The quantitative estimate of drug-likeness (QED) is 0.924. The summed E-state index contributed by atoms with van der Waals surface area (Å²) in [5, 5.41) is 12.3. The van der Waals surface area contributed by atoms with Crippen molar-refractivity contribution in [3.63, 3.8) is 0 Å². The first-order valence-electron chi connectivity index (χ1n) is 7.42. The normalized spacial score (nSPS) is 22.6. The summed E-state index contributed by atoms with van der Waals surface area (Å²) in [7, 11) is 3.01. The van der Waals surface area contributed by atoms with Crippen molar-refractivity contribution < 1.29 is 17.9 Å². The van der Waals surface area contributed by atoms with E-state index in [0.29, 0.717) is 30.8 Å². The number of alkyl halides is 3. The highest BCUT2D eigenvalue weighted by Crippen LogP contribution is 2.31. The topological polar surface area (TPSA) is 48.3 Å². The zero-order valence-electron chi connectivity index (χ0n) is 13.2. The SMILES string of the molecule is COc1ccc(CN[C@H]2CC[C@H](C(F)(F)F)N(C)C2)cc1C#N. The lowest BCUT2D eigenvalue weighted by Gasteiger charge is -2.38. The maximum Gasteiger partial charge on any atom is 0.404 e. The molecule has 0 spiro atoms. The van der Waals surface area contributed by atoms with Crippen LogP contribution in [0.25, 0.3) is 0 Å². The van der Waals surface area contributed by atoms with Crippen molar-refractivity contribution in [2.75, 3.05) is 20.7 Å². The molecule has 0 aliphatic carbocycles. The van der Waals surface area contributed by atoms with Crippen LogP contribution in [0.3, 0.4) is 0 Å². The maximum absolute atomic E-state index is 12.8. The third-order valence-electron chi connectivity index (χ3n) is 4.19. The van der Waals surface area contributed by atoms with Crippen LogP contribution in [0.4, 0.5) is 13.2 Å². The van der Waals surface area contributed by atoms with E-state index in [0.717, 1.165) is 5.56 Å². The summed E-state index contributed by atoms with van der Waals surface area (Å²) in [6.07, 6.45) is -3.59. The van der Waals surface area contributed by atoms with Gasteiger partial charge < -0.3 is 10.1 Å². The molecule has 2 atom stereocenters. The van der Waals surface area contributed by atoms with E-state index in [1.807, 2.05) is 6.07 Å². The van der Waals surface area contributed by atoms with Crippen molar-refractivity contribution in [2.45, 2.75) is 37.6 Å². The fourth-order valence-electron chi connectivity index (χ4n) is 2.94. The highest BCUT2D eigenvalue weighted by atomic mass is 19.4. The fraction of sp³-hybridized carbons (Fsp3) is 0.562. The minimum atomic E-state index is -4.17. The highest BCUT2D eigenvalue weighted by molar-refractivity contribution is 5.45. The van der Waals surface area contributed by atoms with Crippen molar-refractivity contribution in [2.24, 2.45) is 0 Å². The van der Waals surface area contributed by atoms with Gasteiger partial charge in [-0.2, -0.15) is 18.4 Å². The number of likely N-dealkylation sites (tertiary alicyclic amines) is 1. The molecule has 2 rings (SSSR count). The van der Waals surface area contributed by atoms with Gasteiger partial charge in [0.1, 0.15) is 17.9 Å². The number of piperidine rings is 1. The number of hydrogen-bond acceptors (Lipinski definition) is 4. The number of nitrogens with one attached hydrogen (secondary N) is 1. The van der Waals surface area contributed by atoms with Gasteiger partial charge in [-0.3, -0.25) is 4.90 Å². The van der Waals surface area contributed by atoms with Gasteiger partial charge in [-0.25, -0.2) is 0 Å². The highest BCUT2D eigenvalue weighted by Gasteiger charge is 2.44. The molecule has 0 unspecified atom stereocenters. The number of likely N-dealkylation sites (N-methyl/N-ethyl adjacent to an activating group) is 1. The van der Waals surface area contributed by atoms with Crippen molar-refractivity contribution in [1.29, 1.82) is 5.26 Å². The zero-order chi connectivity index (χ0) is 17.0. The Hall–Kier alpha value is -1.78.